The van der Waals surface area contributed by atoms with E-state index in [1.165, 1.54) is 17.0 Å². The van der Waals surface area contributed by atoms with Gasteiger partial charge in [0.2, 0.25) is 0 Å². The number of carbonyl (C=O) groups excluding carboxylic acids is 1. The molecule has 0 aliphatic rings. The van der Waals surface area contributed by atoms with Gasteiger partial charge in [0.25, 0.3) is 17.0 Å². The average molecular weight is 466 g/mol. The molecule has 1 aromatic heterocycles. The first-order chi connectivity index (χ1) is 15.9. The summed E-state index contributed by atoms with van der Waals surface area (Å²) in [5.41, 5.74) is -0.582. The van der Waals surface area contributed by atoms with Gasteiger partial charge in [-0.05, 0) is 36.6 Å². The van der Waals surface area contributed by atoms with Crippen molar-refractivity contribution in [2.75, 3.05) is 24.7 Å². The van der Waals surface area contributed by atoms with E-state index in [9.17, 15) is 19.5 Å². The third-order valence-electron chi connectivity index (χ3n) is 5.71. The molecule has 3 rings (SSSR count). The topological polar surface area (TPSA) is 119 Å². The molecule has 0 aliphatic heterocycles. The largest absolute Gasteiger partial charge is 0.505 e. The highest BCUT2D eigenvalue weighted by molar-refractivity contribution is 5.98. The van der Waals surface area contributed by atoms with E-state index in [-0.39, 0.29) is 39.8 Å². The molecule has 1 amide bonds. The van der Waals surface area contributed by atoms with Gasteiger partial charge in [0.05, 0.1) is 16.9 Å². The van der Waals surface area contributed by atoms with Gasteiger partial charge in [0.1, 0.15) is 11.4 Å². The molecule has 0 aliphatic carbocycles. The second-order valence-corrected chi connectivity index (χ2v) is 9.43. The molecule has 0 bridgehead atoms. The third kappa shape index (κ3) is 4.98. The van der Waals surface area contributed by atoms with Gasteiger partial charge < -0.3 is 20.6 Å². The molecule has 4 N–H and O–H groups in total. The van der Waals surface area contributed by atoms with Crippen molar-refractivity contribution in [1.82, 2.24) is 14.7 Å². The number of rotatable bonds is 6. The maximum absolute atomic E-state index is 13.5. The standard InChI is InChI=1S/C25H31N5O4/c1-15(25(2,3)4)26-19-20(24(34)30(28-22(19)32)16-11-8-7-9-12-16)27-18-14-10-13-17(21(18)31)23(33)29(5)6/h7-15,26-27,31H,1-6H3,(H,28,32)/t15-/m0/s1. The summed E-state index contributed by atoms with van der Waals surface area (Å²) in [6.45, 7) is 7.96. The smallest absolute Gasteiger partial charge is 0.295 e. The van der Waals surface area contributed by atoms with E-state index in [1.54, 1.807) is 50.5 Å². The highest BCUT2D eigenvalue weighted by atomic mass is 16.3. The van der Waals surface area contributed by atoms with E-state index in [2.05, 4.69) is 15.7 Å². The van der Waals surface area contributed by atoms with Crippen molar-refractivity contribution < 1.29 is 9.90 Å². The van der Waals surface area contributed by atoms with Crippen molar-refractivity contribution in [2.45, 2.75) is 33.7 Å². The first-order valence-electron chi connectivity index (χ1n) is 10.9. The molecule has 34 heavy (non-hydrogen) atoms. The van der Waals surface area contributed by atoms with Gasteiger partial charge in [-0.1, -0.05) is 45.0 Å². The first-order valence-corrected chi connectivity index (χ1v) is 10.9. The van der Waals surface area contributed by atoms with Gasteiger partial charge in [-0.15, -0.1) is 0 Å². The van der Waals surface area contributed by atoms with E-state index in [0.29, 0.717) is 5.69 Å². The highest BCUT2D eigenvalue weighted by Gasteiger charge is 2.25. The van der Waals surface area contributed by atoms with Gasteiger partial charge in [0, 0.05) is 20.1 Å². The van der Waals surface area contributed by atoms with Gasteiger partial charge >= 0.3 is 0 Å². The van der Waals surface area contributed by atoms with Crippen LogP contribution in [0.4, 0.5) is 17.1 Å². The fourth-order valence-electron chi connectivity index (χ4n) is 3.18. The Balaban J connectivity index is 2.21. The quantitative estimate of drug-likeness (QED) is 0.414. The number of amides is 1. The normalized spacial score (nSPS) is 12.2. The van der Waals surface area contributed by atoms with Crippen LogP contribution in [0.3, 0.4) is 0 Å². The maximum Gasteiger partial charge on any atom is 0.295 e. The van der Waals surface area contributed by atoms with Gasteiger partial charge in [-0.2, -0.15) is 0 Å². The molecule has 0 radical (unpaired) electrons. The SMILES string of the molecule is C[C@H](Nc1c(Nc2cccc(C(=O)N(C)C)c2O)c(=O)n(-c2ccccc2)[nH]c1=O)C(C)(C)C. The van der Waals surface area contributed by atoms with Crippen molar-refractivity contribution in [3.8, 4) is 11.4 Å². The summed E-state index contributed by atoms with van der Waals surface area (Å²) >= 11 is 0. The summed E-state index contributed by atoms with van der Waals surface area (Å²) in [5.74, 6) is -0.713. The number of nitrogens with one attached hydrogen (secondary N) is 3. The van der Waals surface area contributed by atoms with Crippen LogP contribution in [0.2, 0.25) is 0 Å². The summed E-state index contributed by atoms with van der Waals surface area (Å²) in [6, 6.07) is 13.1. The summed E-state index contributed by atoms with van der Waals surface area (Å²) in [4.78, 5) is 40.5. The maximum atomic E-state index is 13.5. The zero-order chi connectivity index (χ0) is 25.2. The number of phenolic OH excluding ortho intramolecular Hbond substituents is 1. The number of para-hydroxylation sites is 2. The number of anilines is 3. The van der Waals surface area contributed by atoms with Crippen molar-refractivity contribution in [1.29, 1.82) is 0 Å². The molecule has 1 heterocycles. The number of carbonyl (C=O) groups is 1. The monoisotopic (exact) mass is 465 g/mol. The molecule has 2 aromatic carbocycles. The molecule has 0 unspecified atom stereocenters. The average Bonchev–Trinajstić information content (AvgIpc) is 2.78. The number of nitrogens with zero attached hydrogens (tertiary/aromatic N) is 2. The van der Waals surface area contributed by atoms with Crippen molar-refractivity contribution in [3.05, 3.63) is 74.8 Å². The summed E-state index contributed by atoms with van der Waals surface area (Å²) in [7, 11) is 3.15. The lowest BCUT2D eigenvalue weighted by Gasteiger charge is -2.29. The Morgan fingerprint density at radius 2 is 1.68 bits per heavy atom. The van der Waals surface area contributed by atoms with Crippen LogP contribution in [0.1, 0.15) is 38.1 Å². The molecule has 0 saturated heterocycles. The fraction of sp³-hybridized carbons (Fsp3) is 0.320. The lowest BCUT2D eigenvalue weighted by atomic mass is 9.88. The molecule has 9 nitrogen and oxygen atoms in total. The predicted molar refractivity (Wildman–Crippen MR) is 135 cm³/mol. The molecular formula is C25H31N5O4. The number of benzene rings is 2. The van der Waals surface area contributed by atoms with Crippen LogP contribution in [-0.2, 0) is 0 Å². The van der Waals surface area contributed by atoms with Crippen molar-refractivity contribution in [2.24, 2.45) is 5.41 Å². The molecular weight excluding hydrogens is 434 g/mol. The second kappa shape index (κ2) is 9.46. The van der Waals surface area contributed by atoms with Crippen LogP contribution in [-0.4, -0.2) is 45.8 Å². The zero-order valence-corrected chi connectivity index (χ0v) is 20.3. The van der Waals surface area contributed by atoms with Gasteiger partial charge in [-0.3, -0.25) is 19.5 Å². The Hall–Kier alpha value is -4.01. The van der Waals surface area contributed by atoms with E-state index in [1.807, 2.05) is 27.7 Å². The number of hydrogen-bond acceptors (Lipinski definition) is 6. The molecule has 0 spiro atoms. The van der Waals surface area contributed by atoms with Crippen LogP contribution < -0.4 is 21.8 Å². The highest BCUT2D eigenvalue weighted by Crippen LogP contribution is 2.32. The molecule has 1 atom stereocenters. The fourth-order valence-corrected chi connectivity index (χ4v) is 3.18. The number of aromatic hydroxyl groups is 1. The summed E-state index contributed by atoms with van der Waals surface area (Å²) in [5, 5.41) is 19.5. The molecule has 180 valence electrons. The number of aromatic amines is 1. The van der Waals surface area contributed by atoms with Crippen LogP contribution >= 0.6 is 0 Å². The van der Waals surface area contributed by atoms with E-state index >= 15 is 0 Å². The molecule has 0 saturated carbocycles. The van der Waals surface area contributed by atoms with E-state index in [4.69, 9.17) is 0 Å². The van der Waals surface area contributed by atoms with Crippen LogP contribution in [0.25, 0.3) is 5.69 Å². The predicted octanol–water partition coefficient (Wildman–Crippen LogP) is 3.52. The third-order valence-corrected chi connectivity index (χ3v) is 5.71. The van der Waals surface area contributed by atoms with Crippen LogP contribution in [0, 0.1) is 5.41 Å². The Labute approximate surface area is 198 Å². The Morgan fingerprint density at radius 3 is 2.26 bits per heavy atom. The number of hydrogen-bond donors (Lipinski definition) is 4. The minimum atomic E-state index is -0.529. The summed E-state index contributed by atoms with van der Waals surface area (Å²) in [6.07, 6.45) is 0. The van der Waals surface area contributed by atoms with Gasteiger partial charge in [0.15, 0.2) is 5.75 Å². The second-order valence-electron chi connectivity index (χ2n) is 9.43. The lowest BCUT2D eigenvalue weighted by molar-refractivity contribution is 0.0824. The zero-order valence-electron chi connectivity index (χ0n) is 20.3. The minimum absolute atomic E-state index is 0.0448. The number of phenols is 1. The summed E-state index contributed by atoms with van der Waals surface area (Å²) < 4.78 is 1.14. The van der Waals surface area contributed by atoms with E-state index < -0.39 is 17.0 Å². The number of H-pyrrole nitrogens is 1. The van der Waals surface area contributed by atoms with Crippen molar-refractivity contribution in [3.63, 3.8) is 0 Å². The first kappa shape index (κ1) is 24.6. The Kier molecular flexibility index (Phi) is 6.85. The Bertz CT molecular complexity index is 1300. The lowest BCUT2D eigenvalue weighted by Crippen LogP contribution is -2.37. The van der Waals surface area contributed by atoms with Crippen LogP contribution in [0.15, 0.2) is 58.1 Å². The van der Waals surface area contributed by atoms with Crippen LogP contribution in [0.5, 0.6) is 5.75 Å². The Morgan fingerprint density at radius 1 is 1.03 bits per heavy atom. The molecule has 9 heteroatoms. The molecule has 0 fully saturated rings. The molecule has 3 aromatic rings. The minimum Gasteiger partial charge on any atom is -0.505 e. The van der Waals surface area contributed by atoms with Gasteiger partial charge in [-0.25, -0.2) is 4.68 Å². The number of aromatic nitrogens is 2. The van der Waals surface area contributed by atoms with E-state index in [0.717, 1.165) is 4.68 Å². The van der Waals surface area contributed by atoms with Crippen molar-refractivity contribution >= 4 is 23.0 Å².